The van der Waals surface area contributed by atoms with Crippen molar-refractivity contribution in [2.75, 3.05) is 13.9 Å². The van der Waals surface area contributed by atoms with E-state index in [1.54, 1.807) is 34.6 Å². The second kappa shape index (κ2) is 9.27. The van der Waals surface area contributed by atoms with Crippen LogP contribution in [0.25, 0.3) is 0 Å². The minimum atomic E-state index is -1.30. The van der Waals surface area contributed by atoms with E-state index in [0.29, 0.717) is 6.29 Å². The molecule has 0 radical (unpaired) electrons. The quantitative estimate of drug-likeness (QED) is 0.441. The Labute approximate surface area is 187 Å². The number of hydrogen-bond donors (Lipinski definition) is 0. The van der Waals surface area contributed by atoms with E-state index >= 15 is 0 Å². The standard InChI is InChI=1S/C23H31NO8/c1-14-17(15-10-8-7-9-11-15)24(21(27)30-14)20(26)22(2,3)19(29-13-28-6)18-16(12-25)31-23(4,5)32-18/h7-12,14,16-19H,13H2,1-6H3/t14-,16-,17-,18-,19+/m0/s1. The van der Waals surface area contributed by atoms with E-state index in [2.05, 4.69) is 0 Å². The number of methoxy groups -OCH3 is 1. The Morgan fingerprint density at radius 1 is 1.25 bits per heavy atom. The van der Waals surface area contributed by atoms with Gasteiger partial charge in [0.1, 0.15) is 37.3 Å². The van der Waals surface area contributed by atoms with E-state index in [-0.39, 0.29) is 6.79 Å². The predicted octanol–water partition coefficient (Wildman–Crippen LogP) is 2.83. The lowest BCUT2D eigenvalue weighted by Gasteiger charge is -2.39. The van der Waals surface area contributed by atoms with Gasteiger partial charge in [-0.25, -0.2) is 9.69 Å². The summed E-state index contributed by atoms with van der Waals surface area (Å²) >= 11 is 0. The lowest BCUT2D eigenvalue weighted by Crippen LogP contribution is -2.55. The van der Waals surface area contributed by atoms with E-state index in [1.165, 1.54) is 7.11 Å². The summed E-state index contributed by atoms with van der Waals surface area (Å²) in [4.78, 5) is 39.4. The van der Waals surface area contributed by atoms with E-state index in [1.807, 2.05) is 30.3 Å². The molecule has 2 heterocycles. The van der Waals surface area contributed by atoms with Crippen molar-refractivity contribution < 1.29 is 38.1 Å². The third-order valence-electron chi connectivity index (χ3n) is 5.79. The molecular weight excluding hydrogens is 418 g/mol. The molecule has 9 heteroatoms. The van der Waals surface area contributed by atoms with Gasteiger partial charge in [0.05, 0.1) is 5.41 Å². The van der Waals surface area contributed by atoms with Gasteiger partial charge in [-0.05, 0) is 40.2 Å². The van der Waals surface area contributed by atoms with Crippen LogP contribution in [0.4, 0.5) is 4.79 Å². The van der Waals surface area contributed by atoms with Crippen molar-refractivity contribution in [3.05, 3.63) is 35.9 Å². The topological polar surface area (TPSA) is 101 Å². The summed E-state index contributed by atoms with van der Waals surface area (Å²) in [5, 5.41) is 0. The molecule has 1 aromatic carbocycles. The monoisotopic (exact) mass is 449 g/mol. The van der Waals surface area contributed by atoms with Crippen molar-refractivity contribution in [2.24, 2.45) is 5.41 Å². The summed E-state index contributed by atoms with van der Waals surface area (Å²) < 4.78 is 28.0. The number of rotatable bonds is 8. The first-order chi connectivity index (χ1) is 15.0. The molecule has 0 saturated carbocycles. The highest BCUT2D eigenvalue weighted by Crippen LogP contribution is 2.42. The second-order valence-corrected chi connectivity index (χ2v) is 9.04. The Morgan fingerprint density at radius 2 is 1.91 bits per heavy atom. The van der Waals surface area contributed by atoms with Gasteiger partial charge in [-0.3, -0.25) is 4.79 Å². The average molecular weight is 450 g/mol. The van der Waals surface area contributed by atoms with E-state index < -0.39 is 53.7 Å². The molecule has 32 heavy (non-hydrogen) atoms. The second-order valence-electron chi connectivity index (χ2n) is 9.04. The summed E-state index contributed by atoms with van der Waals surface area (Å²) in [5.41, 5.74) is -0.527. The van der Waals surface area contributed by atoms with Gasteiger partial charge in [-0.2, -0.15) is 0 Å². The van der Waals surface area contributed by atoms with Crippen LogP contribution in [0.5, 0.6) is 0 Å². The maximum Gasteiger partial charge on any atom is 0.417 e. The molecule has 5 atom stereocenters. The molecule has 9 nitrogen and oxygen atoms in total. The van der Waals surface area contributed by atoms with Gasteiger partial charge in [-0.1, -0.05) is 30.3 Å². The first-order valence-electron chi connectivity index (χ1n) is 10.5. The van der Waals surface area contributed by atoms with Crippen molar-refractivity contribution in [1.29, 1.82) is 0 Å². The van der Waals surface area contributed by atoms with Gasteiger partial charge in [0.15, 0.2) is 12.1 Å². The summed E-state index contributed by atoms with van der Waals surface area (Å²) in [7, 11) is 1.45. The van der Waals surface area contributed by atoms with Crippen LogP contribution in [0, 0.1) is 5.41 Å². The van der Waals surface area contributed by atoms with Crippen LogP contribution in [-0.2, 0) is 33.3 Å². The van der Waals surface area contributed by atoms with Crippen LogP contribution < -0.4 is 0 Å². The molecule has 2 aliphatic rings. The number of cyclic esters (lactones) is 1. The molecule has 2 saturated heterocycles. The van der Waals surface area contributed by atoms with Crippen molar-refractivity contribution in [3.8, 4) is 0 Å². The molecule has 176 valence electrons. The summed E-state index contributed by atoms with van der Waals surface area (Å²) in [6.07, 6.45) is -3.42. The maximum atomic E-state index is 13.8. The van der Waals surface area contributed by atoms with E-state index in [0.717, 1.165) is 10.5 Å². The van der Waals surface area contributed by atoms with Crippen LogP contribution in [0.1, 0.15) is 46.2 Å². The Hall–Kier alpha value is -2.33. The van der Waals surface area contributed by atoms with Crippen LogP contribution in [0.3, 0.4) is 0 Å². The highest BCUT2D eigenvalue weighted by atomic mass is 16.8. The first-order valence-corrected chi connectivity index (χ1v) is 10.5. The lowest BCUT2D eigenvalue weighted by atomic mass is 9.80. The highest BCUT2D eigenvalue weighted by molar-refractivity contribution is 5.97. The number of ether oxygens (including phenoxy) is 5. The van der Waals surface area contributed by atoms with Crippen molar-refractivity contribution >= 4 is 18.3 Å². The number of hydrogen-bond acceptors (Lipinski definition) is 8. The van der Waals surface area contributed by atoms with Gasteiger partial charge in [-0.15, -0.1) is 0 Å². The molecule has 2 aliphatic heterocycles. The van der Waals surface area contributed by atoms with E-state index in [9.17, 15) is 14.4 Å². The van der Waals surface area contributed by atoms with Crippen molar-refractivity contribution in [3.63, 3.8) is 0 Å². The Balaban J connectivity index is 1.97. The van der Waals surface area contributed by atoms with Crippen LogP contribution in [-0.4, -0.2) is 67.3 Å². The molecule has 0 N–H and O–H groups in total. The van der Waals surface area contributed by atoms with Crippen LogP contribution >= 0.6 is 0 Å². The molecule has 3 rings (SSSR count). The number of imide groups is 1. The SMILES string of the molecule is COCO[C@H]([C@H]1OC(C)(C)O[C@H]1C=O)C(C)(C)C(=O)N1C(=O)O[C@@H](C)[C@H]1c1ccccc1. The molecule has 0 aliphatic carbocycles. The third kappa shape index (κ3) is 4.56. The van der Waals surface area contributed by atoms with Gasteiger partial charge >= 0.3 is 6.09 Å². The number of nitrogens with zero attached hydrogens (tertiary/aromatic N) is 1. The summed E-state index contributed by atoms with van der Waals surface area (Å²) in [5.74, 6) is -1.56. The Bertz CT molecular complexity index is 840. The predicted molar refractivity (Wildman–Crippen MR) is 112 cm³/mol. The fourth-order valence-corrected chi connectivity index (χ4v) is 4.33. The van der Waals surface area contributed by atoms with Crippen LogP contribution in [0.2, 0.25) is 0 Å². The lowest BCUT2D eigenvalue weighted by molar-refractivity contribution is -0.195. The summed E-state index contributed by atoms with van der Waals surface area (Å²) in [6.45, 7) is 8.24. The van der Waals surface area contributed by atoms with Gasteiger partial charge in [0, 0.05) is 7.11 Å². The van der Waals surface area contributed by atoms with E-state index in [4.69, 9.17) is 23.7 Å². The van der Waals surface area contributed by atoms with Crippen molar-refractivity contribution in [1.82, 2.24) is 4.90 Å². The van der Waals surface area contributed by atoms with Gasteiger partial charge in [0.25, 0.3) is 0 Å². The Kier molecular flexibility index (Phi) is 7.04. The number of carbonyl (C=O) groups excluding carboxylic acids is 3. The Morgan fingerprint density at radius 3 is 2.50 bits per heavy atom. The molecule has 2 fully saturated rings. The minimum absolute atomic E-state index is 0.143. The third-order valence-corrected chi connectivity index (χ3v) is 5.79. The fourth-order valence-electron chi connectivity index (χ4n) is 4.33. The molecule has 0 unspecified atom stereocenters. The molecule has 0 bridgehead atoms. The molecule has 0 aromatic heterocycles. The number of benzene rings is 1. The van der Waals surface area contributed by atoms with Crippen molar-refractivity contribution in [2.45, 2.75) is 70.9 Å². The van der Waals surface area contributed by atoms with Gasteiger partial charge < -0.3 is 28.5 Å². The minimum Gasteiger partial charge on any atom is -0.443 e. The zero-order valence-electron chi connectivity index (χ0n) is 19.3. The average Bonchev–Trinajstić information content (AvgIpc) is 3.22. The van der Waals surface area contributed by atoms with Crippen LogP contribution in [0.15, 0.2) is 30.3 Å². The largest absolute Gasteiger partial charge is 0.443 e. The first kappa shape index (κ1) is 24.3. The fraction of sp³-hybridized carbons (Fsp3) is 0.609. The number of amides is 2. The normalized spacial score (nSPS) is 28.4. The maximum absolute atomic E-state index is 13.8. The smallest absolute Gasteiger partial charge is 0.417 e. The zero-order valence-corrected chi connectivity index (χ0v) is 19.3. The number of aldehydes is 1. The molecule has 2 amide bonds. The zero-order chi connectivity index (χ0) is 23.7. The number of carbonyl (C=O) groups is 3. The van der Waals surface area contributed by atoms with Gasteiger partial charge in [0.2, 0.25) is 5.91 Å². The molecular formula is C23H31NO8. The molecule has 0 spiro atoms. The highest BCUT2D eigenvalue weighted by Gasteiger charge is 2.56. The molecule has 1 aromatic rings. The summed E-state index contributed by atoms with van der Waals surface area (Å²) in [6, 6.07) is 8.61.